The zero-order valence-electron chi connectivity index (χ0n) is 15.7. The van der Waals surface area contributed by atoms with Gasteiger partial charge in [0.25, 0.3) is 5.91 Å². The monoisotopic (exact) mass is 395 g/mol. The topological polar surface area (TPSA) is 36.4 Å². The van der Waals surface area contributed by atoms with Crippen LogP contribution >= 0.6 is 11.3 Å². The molecule has 4 nitrogen and oxygen atoms in total. The minimum Gasteiger partial charge on any atom is -0.306 e. The molecule has 1 fully saturated rings. The first-order chi connectivity index (χ1) is 13.6. The molecule has 0 saturated carbocycles. The van der Waals surface area contributed by atoms with Gasteiger partial charge < -0.3 is 4.90 Å². The Morgan fingerprint density at radius 2 is 1.86 bits per heavy atom. The first-order valence-corrected chi connectivity index (χ1v) is 10.3. The number of rotatable bonds is 4. The first-order valence-electron chi connectivity index (χ1n) is 9.40. The number of hydrogen-bond acceptors (Lipinski definition) is 4. The Hall–Kier alpha value is -2.57. The van der Waals surface area contributed by atoms with E-state index in [0.717, 1.165) is 37.2 Å². The highest BCUT2D eigenvalue weighted by atomic mass is 32.1. The van der Waals surface area contributed by atoms with E-state index in [1.807, 2.05) is 40.6 Å². The minimum absolute atomic E-state index is 0.00620. The van der Waals surface area contributed by atoms with Crippen molar-refractivity contribution in [3.05, 3.63) is 70.7 Å². The highest BCUT2D eigenvalue weighted by Gasteiger charge is 2.30. The van der Waals surface area contributed by atoms with E-state index in [-0.39, 0.29) is 17.8 Å². The van der Waals surface area contributed by atoms with Gasteiger partial charge in [0, 0.05) is 11.6 Å². The van der Waals surface area contributed by atoms with E-state index in [9.17, 15) is 9.18 Å². The Balaban J connectivity index is 1.70. The van der Waals surface area contributed by atoms with Gasteiger partial charge in [-0.3, -0.25) is 9.69 Å². The quantitative estimate of drug-likeness (QED) is 0.643. The fraction of sp³-hybridized carbons (Fsp3) is 0.273. The van der Waals surface area contributed by atoms with Crippen LogP contribution in [-0.4, -0.2) is 42.0 Å². The number of amides is 1. The first kappa shape index (κ1) is 18.8. The van der Waals surface area contributed by atoms with Gasteiger partial charge in [-0.1, -0.05) is 12.1 Å². The van der Waals surface area contributed by atoms with E-state index >= 15 is 0 Å². The second-order valence-corrected chi connectivity index (χ2v) is 8.02. The average Bonchev–Trinajstić information content (AvgIpc) is 3.25. The van der Waals surface area contributed by atoms with Crippen LogP contribution in [0.3, 0.4) is 0 Å². The molecule has 4 rings (SSSR count). The van der Waals surface area contributed by atoms with Crippen molar-refractivity contribution in [2.24, 2.45) is 0 Å². The smallest absolute Gasteiger partial charge is 0.269 e. The third-order valence-corrected chi connectivity index (χ3v) is 5.98. The molecule has 0 bridgehead atoms. The van der Waals surface area contributed by atoms with E-state index in [4.69, 9.17) is 4.98 Å². The minimum atomic E-state index is -0.277. The third kappa shape index (κ3) is 3.98. The molecule has 0 unspecified atom stereocenters. The number of carbonyl (C=O) groups excluding carboxylic acids is 1. The lowest BCUT2D eigenvalue weighted by Gasteiger charge is -2.36. The molecule has 2 aromatic heterocycles. The number of thiophene rings is 1. The molecule has 0 spiro atoms. The summed E-state index contributed by atoms with van der Waals surface area (Å²) in [6.45, 7) is 1.91. The molecule has 1 aliphatic heterocycles. The van der Waals surface area contributed by atoms with Crippen LogP contribution in [0.15, 0.2) is 60.0 Å². The number of carbonyl (C=O) groups is 1. The number of hydrogen-bond donors (Lipinski definition) is 0. The zero-order valence-corrected chi connectivity index (χ0v) is 16.5. The number of piperidine rings is 1. The van der Waals surface area contributed by atoms with E-state index in [0.29, 0.717) is 10.7 Å². The normalized spacial score (nSPS) is 15.5. The SMILES string of the molecule is CN1CCC(N(C(=O)c2cccs2)c2cccc(-c3ccc(F)cc3)n2)CC1. The van der Waals surface area contributed by atoms with E-state index in [1.54, 1.807) is 12.1 Å². The summed E-state index contributed by atoms with van der Waals surface area (Å²) >= 11 is 1.45. The molecule has 0 aliphatic carbocycles. The number of nitrogens with zero attached hydrogens (tertiary/aromatic N) is 3. The van der Waals surface area contributed by atoms with Crippen LogP contribution in [0.2, 0.25) is 0 Å². The fourth-order valence-electron chi connectivity index (χ4n) is 3.57. The molecule has 1 amide bonds. The summed E-state index contributed by atoms with van der Waals surface area (Å²) in [5.74, 6) is 0.365. The molecule has 0 radical (unpaired) electrons. The summed E-state index contributed by atoms with van der Waals surface area (Å²) in [6.07, 6.45) is 1.83. The van der Waals surface area contributed by atoms with Crippen LogP contribution in [0.4, 0.5) is 10.2 Å². The van der Waals surface area contributed by atoms with Gasteiger partial charge in [-0.05, 0) is 80.8 Å². The largest absolute Gasteiger partial charge is 0.306 e. The van der Waals surface area contributed by atoms with Crippen molar-refractivity contribution in [3.8, 4) is 11.3 Å². The lowest BCUT2D eigenvalue weighted by Crippen LogP contribution is -2.47. The van der Waals surface area contributed by atoms with Crippen LogP contribution in [-0.2, 0) is 0 Å². The third-order valence-electron chi connectivity index (χ3n) is 5.13. The summed E-state index contributed by atoms with van der Waals surface area (Å²) in [4.78, 5) is 22.9. The van der Waals surface area contributed by atoms with Crippen LogP contribution in [0.5, 0.6) is 0 Å². The van der Waals surface area contributed by atoms with Crippen molar-refractivity contribution in [1.29, 1.82) is 0 Å². The number of halogens is 1. The van der Waals surface area contributed by atoms with E-state index < -0.39 is 0 Å². The van der Waals surface area contributed by atoms with Gasteiger partial charge in [0.15, 0.2) is 0 Å². The Kier molecular flexibility index (Phi) is 5.50. The Morgan fingerprint density at radius 1 is 1.11 bits per heavy atom. The molecular weight excluding hydrogens is 373 g/mol. The van der Waals surface area contributed by atoms with Crippen LogP contribution < -0.4 is 4.90 Å². The summed E-state index contributed by atoms with van der Waals surface area (Å²) in [6, 6.07) is 15.8. The van der Waals surface area contributed by atoms with Gasteiger partial charge in [0.2, 0.25) is 0 Å². The van der Waals surface area contributed by atoms with Gasteiger partial charge in [-0.2, -0.15) is 0 Å². The molecule has 28 heavy (non-hydrogen) atoms. The lowest BCUT2D eigenvalue weighted by molar-refractivity contribution is 0.0966. The van der Waals surface area contributed by atoms with E-state index in [2.05, 4.69) is 11.9 Å². The molecule has 6 heteroatoms. The highest BCUT2D eigenvalue weighted by Crippen LogP contribution is 2.28. The Labute approximate surface area is 168 Å². The average molecular weight is 396 g/mol. The van der Waals surface area contributed by atoms with Crippen molar-refractivity contribution in [1.82, 2.24) is 9.88 Å². The number of pyridine rings is 1. The Morgan fingerprint density at radius 3 is 2.54 bits per heavy atom. The van der Waals surface area contributed by atoms with Gasteiger partial charge >= 0.3 is 0 Å². The van der Waals surface area contributed by atoms with Crippen molar-refractivity contribution >= 4 is 23.1 Å². The maximum Gasteiger partial charge on any atom is 0.269 e. The predicted octanol–water partition coefficient (Wildman–Crippen LogP) is 4.69. The molecular formula is C22H22FN3OS. The molecule has 3 heterocycles. The fourth-order valence-corrected chi connectivity index (χ4v) is 4.23. The molecule has 1 aliphatic rings. The molecule has 1 aromatic carbocycles. The number of aromatic nitrogens is 1. The van der Waals surface area contributed by atoms with Crippen molar-refractivity contribution in [2.75, 3.05) is 25.0 Å². The maximum atomic E-state index is 13.3. The van der Waals surface area contributed by atoms with Crippen molar-refractivity contribution in [2.45, 2.75) is 18.9 Å². The van der Waals surface area contributed by atoms with Gasteiger partial charge in [0.1, 0.15) is 11.6 Å². The van der Waals surface area contributed by atoms with Crippen LogP contribution in [0.1, 0.15) is 22.5 Å². The van der Waals surface area contributed by atoms with Gasteiger partial charge in [-0.25, -0.2) is 9.37 Å². The summed E-state index contributed by atoms with van der Waals surface area (Å²) < 4.78 is 13.3. The predicted molar refractivity (Wildman–Crippen MR) is 111 cm³/mol. The van der Waals surface area contributed by atoms with Crippen LogP contribution in [0.25, 0.3) is 11.3 Å². The summed E-state index contributed by atoms with van der Waals surface area (Å²) in [5, 5.41) is 1.92. The molecule has 144 valence electrons. The summed E-state index contributed by atoms with van der Waals surface area (Å²) in [5.41, 5.74) is 1.56. The molecule has 3 aromatic rings. The second kappa shape index (κ2) is 8.20. The summed E-state index contributed by atoms with van der Waals surface area (Å²) in [7, 11) is 2.11. The second-order valence-electron chi connectivity index (χ2n) is 7.07. The van der Waals surface area contributed by atoms with Crippen molar-refractivity contribution in [3.63, 3.8) is 0 Å². The maximum absolute atomic E-state index is 13.3. The van der Waals surface area contributed by atoms with Crippen LogP contribution in [0, 0.1) is 5.82 Å². The number of anilines is 1. The van der Waals surface area contributed by atoms with E-state index in [1.165, 1.54) is 23.5 Å². The number of likely N-dealkylation sites (tertiary alicyclic amines) is 1. The highest BCUT2D eigenvalue weighted by molar-refractivity contribution is 7.12. The standard InChI is InChI=1S/C22H22FN3OS/c1-25-13-11-18(12-14-25)26(22(27)20-5-3-15-28-20)21-6-2-4-19(24-21)16-7-9-17(23)10-8-16/h2-10,15,18H,11-14H2,1H3. The Bertz CT molecular complexity index is 935. The molecule has 0 N–H and O–H groups in total. The lowest BCUT2D eigenvalue weighted by atomic mass is 10.0. The number of benzene rings is 1. The van der Waals surface area contributed by atoms with Gasteiger partial charge in [-0.15, -0.1) is 11.3 Å². The molecule has 0 atom stereocenters. The van der Waals surface area contributed by atoms with Crippen molar-refractivity contribution < 1.29 is 9.18 Å². The molecule has 1 saturated heterocycles. The van der Waals surface area contributed by atoms with Gasteiger partial charge in [0.05, 0.1) is 10.6 Å². The zero-order chi connectivity index (χ0) is 19.5.